The van der Waals surface area contributed by atoms with Crippen molar-refractivity contribution < 1.29 is 14.7 Å². The SMILES string of the molecule is CC[C@H](C)[C@H](NC(=O)NCc1cn[nH]c1)C(=O)O. The van der Waals surface area contributed by atoms with Crippen LogP contribution in [-0.2, 0) is 11.3 Å². The fourth-order valence-electron chi connectivity index (χ4n) is 1.43. The van der Waals surface area contributed by atoms with E-state index in [0.29, 0.717) is 13.0 Å². The highest BCUT2D eigenvalue weighted by Gasteiger charge is 2.24. The third-order valence-corrected chi connectivity index (χ3v) is 2.77. The second-order valence-corrected chi connectivity index (χ2v) is 4.14. The van der Waals surface area contributed by atoms with Gasteiger partial charge in [0.15, 0.2) is 0 Å². The number of urea groups is 1. The summed E-state index contributed by atoms with van der Waals surface area (Å²) in [6.45, 7) is 3.97. The van der Waals surface area contributed by atoms with Crippen molar-refractivity contribution in [2.75, 3.05) is 0 Å². The molecule has 0 aliphatic carbocycles. The molecular formula is C11H18N4O3. The summed E-state index contributed by atoms with van der Waals surface area (Å²) < 4.78 is 0. The van der Waals surface area contributed by atoms with Crippen LogP contribution in [0.25, 0.3) is 0 Å². The van der Waals surface area contributed by atoms with Crippen molar-refractivity contribution in [2.45, 2.75) is 32.9 Å². The van der Waals surface area contributed by atoms with E-state index in [-0.39, 0.29) is 5.92 Å². The Morgan fingerprint density at radius 2 is 2.28 bits per heavy atom. The lowest BCUT2D eigenvalue weighted by Crippen LogP contribution is -2.48. The number of aromatic amines is 1. The molecule has 0 unspecified atom stereocenters. The van der Waals surface area contributed by atoms with Gasteiger partial charge >= 0.3 is 12.0 Å². The van der Waals surface area contributed by atoms with Gasteiger partial charge in [-0.05, 0) is 5.92 Å². The first kappa shape index (κ1) is 14.0. The summed E-state index contributed by atoms with van der Waals surface area (Å²) in [5, 5.41) is 20.4. The van der Waals surface area contributed by atoms with E-state index in [1.165, 1.54) is 0 Å². The molecule has 0 fully saturated rings. The number of carbonyl (C=O) groups excluding carboxylic acids is 1. The Bertz CT molecular complexity index is 391. The number of H-pyrrole nitrogens is 1. The number of carbonyl (C=O) groups is 2. The monoisotopic (exact) mass is 254 g/mol. The highest BCUT2D eigenvalue weighted by atomic mass is 16.4. The van der Waals surface area contributed by atoms with E-state index in [9.17, 15) is 9.59 Å². The van der Waals surface area contributed by atoms with Gasteiger partial charge in [-0.1, -0.05) is 20.3 Å². The molecule has 2 amide bonds. The van der Waals surface area contributed by atoms with Gasteiger partial charge in [0.1, 0.15) is 6.04 Å². The van der Waals surface area contributed by atoms with Gasteiger partial charge in [0.05, 0.1) is 6.20 Å². The Balaban J connectivity index is 2.44. The van der Waals surface area contributed by atoms with Gasteiger partial charge in [-0.15, -0.1) is 0 Å². The van der Waals surface area contributed by atoms with Crippen LogP contribution in [0.2, 0.25) is 0 Å². The maximum Gasteiger partial charge on any atom is 0.326 e. The first-order valence-corrected chi connectivity index (χ1v) is 5.79. The number of carboxylic acid groups (broad SMARTS) is 1. The van der Waals surface area contributed by atoms with Gasteiger partial charge < -0.3 is 15.7 Å². The van der Waals surface area contributed by atoms with Crippen molar-refractivity contribution in [1.29, 1.82) is 0 Å². The van der Waals surface area contributed by atoms with Crippen molar-refractivity contribution in [1.82, 2.24) is 20.8 Å². The minimum atomic E-state index is -1.03. The summed E-state index contributed by atoms with van der Waals surface area (Å²) in [6.07, 6.45) is 3.92. The van der Waals surface area contributed by atoms with E-state index in [2.05, 4.69) is 20.8 Å². The van der Waals surface area contributed by atoms with Crippen LogP contribution in [0.4, 0.5) is 4.79 Å². The number of carboxylic acids is 1. The van der Waals surface area contributed by atoms with Crippen LogP contribution in [-0.4, -0.2) is 33.3 Å². The lowest BCUT2D eigenvalue weighted by atomic mass is 9.99. The molecule has 0 spiro atoms. The summed E-state index contributed by atoms with van der Waals surface area (Å²) in [4.78, 5) is 22.6. The number of aromatic nitrogens is 2. The summed E-state index contributed by atoms with van der Waals surface area (Å²) in [6, 6.07) is -1.37. The molecule has 7 nitrogen and oxygen atoms in total. The number of nitrogens with one attached hydrogen (secondary N) is 3. The number of hydrogen-bond acceptors (Lipinski definition) is 3. The van der Waals surface area contributed by atoms with Crippen LogP contribution < -0.4 is 10.6 Å². The fourth-order valence-corrected chi connectivity index (χ4v) is 1.43. The summed E-state index contributed by atoms with van der Waals surface area (Å²) in [7, 11) is 0. The molecule has 1 aromatic heterocycles. The van der Waals surface area contributed by atoms with Gasteiger partial charge in [0.25, 0.3) is 0 Å². The van der Waals surface area contributed by atoms with Crippen LogP contribution >= 0.6 is 0 Å². The van der Waals surface area contributed by atoms with Gasteiger partial charge in [-0.2, -0.15) is 5.10 Å². The van der Waals surface area contributed by atoms with E-state index < -0.39 is 18.0 Å². The number of aliphatic carboxylic acids is 1. The minimum absolute atomic E-state index is 0.123. The maximum atomic E-state index is 11.6. The number of nitrogens with zero attached hydrogens (tertiary/aromatic N) is 1. The molecule has 0 aliphatic rings. The van der Waals surface area contributed by atoms with Gasteiger partial charge in [0, 0.05) is 18.3 Å². The van der Waals surface area contributed by atoms with Crippen molar-refractivity contribution in [3.8, 4) is 0 Å². The molecule has 0 aromatic carbocycles. The molecule has 0 saturated carbocycles. The average molecular weight is 254 g/mol. The standard InChI is InChI=1S/C11H18N4O3/c1-3-7(2)9(10(16)17)15-11(18)12-4-8-5-13-14-6-8/h5-7,9H,3-4H2,1-2H3,(H,13,14)(H,16,17)(H2,12,15,18)/t7-,9-/m0/s1. The molecule has 0 aliphatic heterocycles. The van der Waals surface area contributed by atoms with Crippen molar-refractivity contribution >= 4 is 12.0 Å². The van der Waals surface area contributed by atoms with Gasteiger partial charge in [-0.25, -0.2) is 9.59 Å². The second kappa shape index (κ2) is 6.63. The number of rotatable bonds is 6. The highest BCUT2D eigenvalue weighted by molar-refractivity contribution is 5.82. The van der Waals surface area contributed by atoms with Crippen LogP contribution in [0.1, 0.15) is 25.8 Å². The summed E-state index contributed by atoms with van der Waals surface area (Å²) in [5.74, 6) is -1.15. The third-order valence-electron chi connectivity index (χ3n) is 2.77. The van der Waals surface area contributed by atoms with Crippen molar-refractivity contribution in [2.24, 2.45) is 5.92 Å². The van der Waals surface area contributed by atoms with Crippen LogP contribution in [0.15, 0.2) is 12.4 Å². The Morgan fingerprint density at radius 3 is 2.78 bits per heavy atom. The van der Waals surface area contributed by atoms with E-state index in [1.807, 2.05) is 6.92 Å². The smallest absolute Gasteiger partial charge is 0.326 e. The molecule has 0 saturated heterocycles. The maximum absolute atomic E-state index is 11.6. The topological polar surface area (TPSA) is 107 Å². The van der Waals surface area contributed by atoms with Crippen molar-refractivity contribution in [3.05, 3.63) is 18.0 Å². The predicted molar refractivity (Wildman–Crippen MR) is 64.8 cm³/mol. The molecule has 2 atom stereocenters. The molecule has 100 valence electrons. The second-order valence-electron chi connectivity index (χ2n) is 4.14. The Kier molecular flexibility index (Phi) is 5.16. The van der Waals surface area contributed by atoms with Gasteiger partial charge in [-0.3, -0.25) is 5.10 Å². The molecular weight excluding hydrogens is 236 g/mol. The molecule has 0 bridgehead atoms. The molecule has 1 aromatic rings. The van der Waals surface area contributed by atoms with Crippen LogP contribution in [0.5, 0.6) is 0 Å². The summed E-state index contributed by atoms with van der Waals surface area (Å²) in [5.41, 5.74) is 0.820. The van der Waals surface area contributed by atoms with E-state index in [4.69, 9.17) is 5.11 Å². The third kappa shape index (κ3) is 4.08. The quantitative estimate of drug-likeness (QED) is 0.599. The predicted octanol–water partition coefficient (Wildman–Crippen LogP) is 0.708. The molecule has 7 heteroatoms. The molecule has 4 N–H and O–H groups in total. The van der Waals surface area contributed by atoms with Gasteiger partial charge in [0.2, 0.25) is 0 Å². The molecule has 0 radical (unpaired) electrons. The lowest BCUT2D eigenvalue weighted by Gasteiger charge is -2.20. The number of amides is 2. The molecule has 1 rings (SSSR count). The summed E-state index contributed by atoms with van der Waals surface area (Å²) >= 11 is 0. The zero-order valence-electron chi connectivity index (χ0n) is 10.4. The Morgan fingerprint density at radius 1 is 1.56 bits per heavy atom. The Labute approximate surface area is 105 Å². The van der Waals surface area contributed by atoms with E-state index in [1.54, 1.807) is 19.3 Å². The molecule has 18 heavy (non-hydrogen) atoms. The zero-order valence-corrected chi connectivity index (χ0v) is 10.4. The first-order chi connectivity index (χ1) is 8.54. The minimum Gasteiger partial charge on any atom is -0.480 e. The fraction of sp³-hybridized carbons (Fsp3) is 0.545. The zero-order chi connectivity index (χ0) is 13.5. The largest absolute Gasteiger partial charge is 0.480 e. The lowest BCUT2D eigenvalue weighted by molar-refractivity contribution is -0.140. The van der Waals surface area contributed by atoms with Crippen LogP contribution in [0.3, 0.4) is 0 Å². The average Bonchev–Trinajstić information content (AvgIpc) is 2.85. The van der Waals surface area contributed by atoms with Crippen molar-refractivity contribution in [3.63, 3.8) is 0 Å². The number of hydrogen-bond donors (Lipinski definition) is 4. The Hall–Kier alpha value is -2.05. The normalized spacial score (nSPS) is 13.7. The molecule has 1 heterocycles. The van der Waals surface area contributed by atoms with E-state index in [0.717, 1.165) is 5.56 Å². The first-order valence-electron chi connectivity index (χ1n) is 5.79. The van der Waals surface area contributed by atoms with Crippen LogP contribution in [0, 0.1) is 5.92 Å². The van der Waals surface area contributed by atoms with E-state index >= 15 is 0 Å². The highest BCUT2D eigenvalue weighted by Crippen LogP contribution is 2.07.